The van der Waals surface area contributed by atoms with Crippen molar-refractivity contribution in [1.82, 2.24) is 10.1 Å². The molecule has 1 aromatic heterocycles. The van der Waals surface area contributed by atoms with E-state index in [1.165, 1.54) is 0 Å². The summed E-state index contributed by atoms with van der Waals surface area (Å²) in [5.41, 5.74) is 0.767. The number of aromatic nitrogens is 2. The molecule has 112 valence electrons. The van der Waals surface area contributed by atoms with Gasteiger partial charge in [0.25, 0.3) is 0 Å². The molecule has 0 amide bonds. The average Bonchev–Trinajstić information content (AvgIpc) is 2.90. The molecule has 0 aliphatic rings. The minimum Gasteiger partial charge on any atom is -0.465 e. The predicted molar refractivity (Wildman–Crippen MR) is 80.9 cm³/mol. The Morgan fingerprint density at radius 1 is 1.33 bits per heavy atom. The highest BCUT2D eigenvalue weighted by Gasteiger charge is 2.29. The molecular weight excluding hydrogens is 336 g/mol. The quantitative estimate of drug-likeness (QED) is 0.744. The molecule has 0 aliphatic carbocycles. The van der Waals surface area contributed by atoms with E-state index in [1.54, 1.807) is 6.92 Å². The molecule has 1 aromatic carbocycles. The summed E-state index contributed by atoms with van der Waals surface area (Å²) in [4.78, 5) is 16.5. The number of halogens is 1. The van der Waals surface area contributed by atoms with Crippen LogP contribution in [-0.2, 0) is 16.0 Å². The molecule has 0 N–H and O–H groups in total. The number of hydrogen-bond donors (Lipinski definition) is 0. The highest BCUT2D eigenvalue weighted by molar-refractivity contribution is 9.10. The number of esters is 1. The third-order valence-electron chi connectivity index (χ3n) is 2.93. The van der Waals surface area contributed by atoms with Crippen molar-refractivity contribution in [2.75, 3.05) is 6.61 Å². The summed E-state index contributed by atoms with van der Waals surface area (Å²) in [7, 11) is 0. The van der Waals surface area contributed by atoms with Crippen LogP contribution in [0.4, 0.5) is 0 Å². The maximum atomic E-state index is 12.2. The average molecular weight is 353 g/mol. The van der Waals surface area contributed by atoms with E-state index in [2.05, 4.69) is 26.1 Å². The zero-order valence-corrected chi connectivity index (χ0v) is 13.6. The highest BCUT2D eigenvalue weighted by Crippen LogP contribution is 2.26. The Balaban J connectivity index is 2.34. The van der Waals surface area contributed by atoms with E-state index in [1.807, 2.05) is 31.2 Å². The molecule has 0 saturated heterocycles. The fraction of sp³-hybridized carbons (Fsp3) is 0.400. The first-order valence-electron chi connectivity index (χ1n) is 6.90. The lowest BCUT2D eigenvalue weighted by Crippen LogP contribution is -2.17. The van der Waals surface area contributed by atoms with Crippen LogP contribution in [0.1, 0.15) is 43.5 Å². The lowest BCUT2D eigenvalue weighted by molar-refractivity contribution is -0.144. The van der Waals surface area contributed by atoms with Crippen molar-refractivity contribution in [1.29, 1.82) is 0 Å². The Bertz CT molecular complexity index is 595. The van der Waals surface area contributed by atoms with Gasteiger partial charge in [-0.05, 0) is 31.0 Å². The van der Waals surface area contributed by atoms with Crippen LogP contribution in [0.5, 0.6) is 0 Å². The first kappa shape index (κ1) is 15.7. The van der Waals surface area contributed by atoms with Gasteiger partial charge in [-0.3, -0.25) is 4.79 Å². The second kappa shape index (κ2) is 7.36. The number of carbonyl (C=O) groups is 1. The summed E-state index contributed by atoms with van der Waals surface area (Å²) in [6, 6.07) is 7.42. The number of ether oxygens (including phenoxy) is 1. The van der Waals surface area contributed by atoms with Crippen molar-refractivity contribution >= 4 is 21.9 Å². The van der Waals surface area contributed by atoms with Gasteiger partial charge in [0.15, 0.2) is 11.7 Å². The molecule has 0 aliphatic heterocycles. The van der Waals surface area contributed by atoms with Crippen LogP contribution in [0.2, 0.25) is 0 Å². The van der Waals surface area contributed by atoms with Gasteiger partial charge in [0.1, 0.15) is 0 Å². The molecule has 0 spiro atoms. The highest BCUT2D eigenvalue weighted by atomic mass is 79.9. The van der Waals surface area contributed by atoms with Gasteiger partial charge in [0, 0.05) is 10.9 Å². The summed E-state index contributed by atoms with van der Waals surface area (Å²) in [6.45, 7) is 4.11. The van der Waals surface area contributed by atoms with Crippen LogP contribution < -0.4 is 0 Å². The molecule has 21 heavy (non-hydrogen) atoms. The van der Waals surface area contributed by atoms with E-state index < -0.39 is 5.92 Å². The van der Waals surface area contributed by atoms with Gasteiger partial charge >= 0.3 is 5.97 Å². The van der Waals surface area contributed by atoms with E-state index in [9.17, 15) is 4.79 Å². The smallest absolute Gasteiger partial charge is 0.323 e. The monoisotopic (exact) mass is 352 g/mol. The third-order valence-corrected chi connectivity index (χ3v) is 3.46. The Labute approximate surface area is 131 Å². The molecule has 0 fully saturated rings. The number of nitrogens with zero attached hydrogens (tertiary/aromatic N) is 2. The molecule has 6 heteroatoms. The largest absolute Gasteiger partial charge is 0.465 e. The van der Waals surface area contributed by atoms with E-state index in [0.717, 1.165) is 22.9 Å². The van der Waals surface area contributed by atoms with Crippen LogP contribution in [-0.4, -0.2) is 22.7 Å². The predicted octanol–water partition coefficient (Wildman–Crippen LogP) is 3.48. The van der Waals surface area contributed by atoms with Crippen LogP contribution in [0.25, 0.3) is 0 Å². The maximum absolute atomic E-state index is 12.2. The number of aryl methyl sites for hydroxylation is 1. The zero-order chi connectivity index (χ0) is 15.2. The standard InChI is InChI=1S/C15H17BrN2O3/c1-3-5-12-17-14(21-18-12)13(15(19)20-4-2)10-6-8-11(16)9-7-10/h6-9,13H,3-5H2,1-2H3. The molecule has 2 rings (SSSR count). The Morgan fingerprint density at radius 3 is 2.67 bits per heavy atom. The second-order valence-electron chi connectivity index (χ2n) is 4.54. The first-order chi connectivity index (χ1) is 10.2. The van der Waals surface area contributed by atoms with Gasteiger partial charge in [-0.15, -0.1) is 0 Å². The Morgan fingerprint density at radius 2 is 2.05 bits per heavy atom. The topological polar surface area (TPSA) is 65.2 Å². The van der Waals surface area contributed by atoms with E-state index in [4.69, 9.17) is 9.26 Å². The van der Waals surface area contributed by atoms with Crippen molar-refractivity contribution in [2.45, 2.75) is 32.6 Å². The van der Waals surface area contributed by atoms with E-state index in [-0.39, 0.29) is 11.9 Å². The number of rotatable bonds is 6. The van der Waals surface area contributed by atoms with Crippen molar-refractivity contribution in [3.05, 3.63) is 46.0 Å². The van der Waals surface area contributed by atoms with Gasteiger partial charge in [0.05, 0.1) is 6.61 Å². The van der Waals surface area contributed by atoms with E-state index in [0.29, 0.717) is 12.4 Å². The molecule has 0 bridgehead atoms. The van der Waals surface area contributed by atoms with Gasteiger partial charge in [0.2, 0.25) is 5.89 Å². The fourth-order valence-electron chi connectivity index (χ4n) is 1.97. The second-order valence-corrected chi connectivity index (χ2v) is 5.45. The lowest BCUT2D eigenvalue weighted by Gasteiger charge is -2.12. The summed E-state index contributed by atoms with van der Waals surface area (Å²) >= 11 is 3.38. The number of hydrogen-bond acceptors (Lipinski definition) is 5. The molecule has 2 aromatic rings. The van der Waals surface area contributed by atoms with E-state index >= 15 is 0 Å². The normalized spacial score (nSPS) is 12.1. The number of carbonyl (C=O) groups excluding carboxylic acids is 1. The van der Waals surface area contributed by atoms with Crippen LogP contribution in [0.15, 0.2) is 33.3 Å². The van der Waals surface area contributed by atoms with Gasteiger partial charge in [-0.1, -0.05) is 40.1 Å². The van der Waals surface area contributed by atoms with Gasteiger partial charge in [-0.25, -0.2) is 0 Å². The van der Waals surface area contributed by atoms with Crippen molar-refractivity contribution < 1.29 is 14.1 Å². The summed E-state index contributed by atoms with van der Waals surface area (Å²) in [5, 5.41) is 3.91. The summed E-state index contributed by atoms with van der Waals surface area (Å²) in [5.74, 6) is -0.180. The Hall–Kier alpha value is -1.69. The molecule has 0 saturated carbocycles. The lowest BCUT2D eigenvalue weighted by atomic mass is 9.99. The molecular formula is C15H17BrN2O3. The summed E-state index contributed by atoms with van der Waals surface area (Å²) < 4.78 is 11.3. The van der Waals surface area contributed by atoms with Crippen molar-refractivity contribution in [3.8, 4) is 0 Å². The van der Waals surface area contributed by atoms with Crippen LogP contribution in [0, 0.1) is 0 Å². The minimum absolute atomic E-state index is 0.277. The number of benzene rings is 1. The maximum Gasteiger partial charge on any atom is 0.323 e. The molecule has 1 atom stereocenters. The minimum atomic E-state index is -0.684. The van der Waals surface area contributed by atoms with Gasteiger partial charge < -0.3 is 9.26 Å². The van der Waals surface area contributed by atoms with Crippen molar-refractivity contribution in [3.63, 3.8) is 0 Å². The third kappa shape index (κ3) is 3.91. The SMILES string of the molecule is CCCc1noc(C(C(=O)OCC)c2ccc(Br)cc2)n1. The molecule has 1 unspecified atom stereocenters. The van der Waals surface area contributed by atoms with Crippen LogP contribution >= 0.6 is 15.9 Å². The Kier molecular flexibility index (Phi) is 5.50. The summed E-state index contributed by atoms with van der Waals surface area (Å²) in [6.07, 6.45) is 1.64. The molecule has 0 radical (unpaired) electrons. The van der Waals surface area contributed by atoms with Crippen LogP contribution in [0.3, 0.4) is 0 Å². The fourth-order valence-corrected chi connectivity index (χ4v) is 2.23. The molecule has 1 heterocycles. The first-order valence-corrected chi connectivity index (χ1v) is 7.69. The van der Waals surface area contributed by atoms with Gasteiger partial charge in [-0.2, -0.15) is 4.98 Å². The zero-order valence-electron chi connectivity index (χ0n) is 12.0. The van der Waals surface area contributed by atoms with Crippen molar-refractivity contribution in [2.24, 2.45) is 0 Å². The molecule has 5 nitrogen and oxygen atoms in total.